The SMILES string of the molecule is COCC(=O)N1CCCC(c2cncc(-c3c(C)nn(C)c3C)n2)C1. The molecule has 0 aliphatic carbocycles. The van der Waals surface area contributed by atoms with E-state index in [9.17, 15) is 4.79 Å². The molecule has 2 aromatic rings. The number of likely N-dealkylation sites (tertiary alicyclic amines) is 1. The zero-order chi connectivity index (χ0) is 18.0. The number of carbonyl (C=O) groups is 1. The predicted octanol–water partition coefficient (Wildman–Crippen LogP) is 1.85. The number of rotatable bonds is 4. The number of aryl methyl sites for hydroxylation is 2. The van der Waals surface area contributed by atoms with Crippen molar-refractivity contribution in [3.63, 3.8) is 0 Å². The van der Waals surface area contributed by atoms with Crippen molar-refractivity contribution in [2.45, 2.75) is 32.6 Å². The van der Waals surface area contributed by atoms with Gasteiger partial charge in [-0.15, -0.1) is 0 Å². The molecule has 0 saturated carbocycles. The Morgan fingerprint density at radius 1 is 1.36 bits per heavy atom. The average Bonchev–Trinajstić information content (AvgIpc) is 2.87. The third-order valence-electron chi connectivity index (χ3n) is 4.88. The van der Waals surface area contributed by atoms with E-state index >= 15 is 0 Å². The van der Waals surface area contributed by atoms with E-state index in [1.54, 1.807) is 13.3 Å². The Balaban J connectivity index is 1.85. The van der Waals surface area contributed by atoms with Crippen LogP contribution in [0.1, 0.15) is 35.8 Å². The van der Waals surface area contributed by atoms with E-state index in [4.69, 9.17) is 9.72 Å². The van der Waals surface area contributed by atoms with Crippen molar-refractivity contribution in [1.82, 2.24) is 24.6 Å². The quantitative estimate of drug-likeness (QED) is 0.847. The van der Waals surface area contributed by atoms with Gasteiger partial charge in [0.15, 0.2) is 0 Å². The van der Waals surface area contributed by atoms with E-state index in [1.807, 2.05) is 36.7 Å². The van der Waals surface area contributed by atoms with Crippen molar-refractivity contribution < 1.29 is 9.53 Å². The Morgan fingerprint density at radius 2 is 2.16 bits per heavy atom. The van der Waals surface area contributed by atoms with Gasteiger partial charge < -0.3 is 9.64 Å². The molecular weight excluding hydrogens is 318 g/mol. The summed E-state index contributed by atoms with van der Waals surface area (Å²) in [5.74, 6) is 0.245. The number of amides is 1. The second kappa shape index (κ2) is 7.31. The molecule has 1 atom stereocenters. The highest BCUT2D eigenvalue weighted by atomic mass is 16.5. The molecule has 1 fully saturated rings. The highest BCUT2D eigenvalue weighted by Crippen LogP contribution is 2.29. The van der Waals surface area contributed by atoms with Crippen LogP contribution in [0.4, 0.5) is 0 Å². The standard InChI is InChI=1S/C18H25N5O2/c1-12-18(13(2)22(3)21-12)16-9-19-8-15(20-16)14-6-5-7-23(10-14)17(24)11-25-4/h8-9,14H,5-7,10-11H2,1-4H3. The zero-order valence-electron chi connectivity index (χ0n) is 15.3. The van der Waals surface area contributed by atoms with Crippen molar-refractivity contribution in [1.29, 1.82) is 0 Å². The van der Waals surface area contributed by atoms with Gasteiger partial charge in [0.25, 0.3) is 0 Å². The second-order valence-electron chi connectivity index (χ2n) is 6.61. The molecule has 3 rings (SSSR count). The number of piperidine rings is 1. The van der Waals surface area contributed by atoms with E-state index in [-0.39, 0.29) is 18.4 Å². The minimum atomic E-state index is 0.0373. The lowest BCUT2D eigenvalue weighted by atomic mass is 9.94. The third kappa shape index (κ3) is 3.56. The fraction of sp³-hybridized carbons (Fsp3) is 0.556. The Kier molecular flexibility index (Phi) is 5.13. The van der Waals surface area contributed by atoms with E-state index in [2.05, 4.69) is 10.1 Å². The van der Waals surface area contributed by atoms with Gasteiger partial charge in [-0.1, -0.05) is 0 Å². The molecule has 1 amide bonds. The van der Waals surface area contributed by atoms with Crippen molar-refractivity contribution in [2.24, 2.45) is 7.05 Å². The number of hydrogen-bond acceptors (Lipinski definition) is 5. The van der Waals surface area contributed by atoms with Gasteiger partial charge in [0, 0.05) is 50.6 Å². The fourth-order valence-corrected chi connectivity index (χ4v) is 3.50. The maximum absolute atomic E-state index is 12.1. The molecule has 1 aliphatic heterocycles. The van der Waals surface area contributed by atoms with E-state index < -0.39 is 0 Å². The summed E-state index contributed by atoms with van der Waals surface area (Å²) in [4.78, 5) is 23.2. The smallest absolute Gasteiger partial charge is 0.248 e. The van der Waals surface area contributed by atoms with Crippen LogP contribution in [0.25, 0.3) is 11.3 Å². The number of methoxy groups -OCH3 is 1. The summed E-state index contributed by atoms with van der Waals surface area (Å²) in [5, 5.41) is 4.47. The van der Waals surface area contributed by atoms with Crippen LogP contribution in [0.2, 0.25) is 0 Å². The van der Waals surface area contributed by atoms with Gasteiger partial charge in [-0.05, 0) is 26.7 Å². The fourth-order valence-electron chi connectivity index (χ4n) is 3.50. The monoisotopic (exact) mass is 343 g/mol. The number of hydrogen-bond donors (Lipinski definition) is 0. The van der Waals surface area contributed by atoms with Crippen LogP contribution in [0.3, 0.4) is 0 Å². The number of aromatic nitrogens is 4. The first-order chi connectivity index (χ1) is 12.0. The molecular formula is C18H25N5O2. The molecule has 0 spiro atoms. The first-order valence-electron chi connectivity index (χ1n) is 8.60. The molecule has 2 aromatic heterocycles. The third-order valence-corrected chi connectivity index (χ3v) is 4.88. The molecule has 0 aromatic carbocycles. The highest BCUT2D eigenvalue weighted by molar-refractivity contribution is 5.77. The topological polar surface area (TPSA) is 73.1 Å². The van der Waals surface area contributed by atoms with Crippen molar-refractivity contribution in [2.75, 3.05) is 26.8 Å². The largest absolute Gasteiger partial charge is 0.375 e. The molecule has 3 heterocycles. The van der Waals surface area contributed by atoms with Crippen LogP contribution in [-0.4, -0.2) is 57.4 Å². The van der Waals surface area contributed by atoms with Gasteiger partial charge in [-0.3, -0.25) is 14.5 Å². The predicted molar refractivity (Wildman–Crippen MR) is 94.1 cm³/mol. The van der Waals surface area contributed by atoms with Gasteiger partial charge in [0.1, 0.15) is 6.61 Å². The first-order valence-corrected chi connectivity index (χ1v) is 8.60. The lowest BCUT2D eigenvalue weighted by Gasteiger charge is -2.32. The summed E-state index contributed by atoms with van der Waals surface area (Å²) in [6, 6.07) is 0. The minimum absolute atomic E-state index is 0.0373. The molecule has 0 bridgehead atoms. The normalized spacial score (nSPS) is 17.8. The molecule has 25 heavy (non-hydrogen) atoms. The molecule has 134 valence electrons. The summed E-state index contributed by atoms with van der Waals surface area (Å²) in [6.07, 6.45) is 5.59. The van der Waals surface area contributed by atoms with Crippen LogP contribution >= 0.6 is 0 Å². The summed E-state index contributed by atoms with van der Waals surface area (Å²) in [6.45, 7) is 5.61. The average molecular weight is 343 g/mol. The maximum atomic E-state index is 12.1. The highest BCUT2D eigenvalue weighted by Gasteiger charge is 2.26. The van der Waals surface area contributed by atoms with E-state index in [1.165, 1.54) is 0 Å². The van der Waals surface area contributed by atoms with Gasteiger partial charge in [-0.2, -0.15) is 5.10 Å². The molecule has 0 radical (unpaired) electrons. The Hall–Kier alpha value is -2.28. The summed E-state index contributed by atoms with van der Waals surface area (Å²) < 4.78 is 6.84. The summed E-state index contributed by atoms with van der Waals surface area (Å²) >= 11 is 0. The molecule has 7 heteroatoms. The van der Waals surface area contributed by atoms with Crippen LogP contribution in [0.5, 0.6) is 0 Å². The summed E-state index contributed by atoms with van der Waals surface area (Å²) in [5.41, 5.74) is 4.85. The maximum Gasteiger partial charge on any atom is 0.248 e. The lowest BCUT2D eigenvalue weighted by molar-refractivity contribution is -0.136. The number of carbonyl (C=O) groups excluding carboxylic acids is 1. The van der Waals surface area contributed by atoms with Crippen molar-refractivity contribution >= 4 is 5.91 Å². The Morgan fingerprint density at radius 3 is 2.84 bits per heavy atom. The number of nitrogens with zero attached hydrogens (tertiary/aromatic N) is 5. The van der Waals surface area contributed by atoms with E-state index in [0.717, 1.165) is 47.7 Å². The molecule has 1 saturated heterocycles. The van der Waals surface area contributed by atoms with Gasteiger partial charge in [0.05, 0.1) is 23.3 Å². The van der Waals surface area contributed by atoms with Crippen LogP contribution < -0.4 is 0 Å². The first kappa shape index (κ1) is 17.5. The van der Waals surface area contributed by atoms with Crippen molar-refractivity contribution in [3.05, 3.63) is 29.5 Å². The van der Waals surface area contributed by atoms with Gasteiger partial charge >= 0.3 is 0 Å². The Labute approximate surface area is 148 Å². The van der Waals surface area contributed by atoms with Crippen LogP contribution in [-0.2, 0) is 16.6 Å². The van der Waals surface area contributed by atoms with Gasteiger partial charge in [-0.25, -0.2) is 4.98 Å². The van der Waals surface area contributed by atoms with Crippen molar-refractivity contribution in [3.8, 4) is 11.3 Å². The zero-order valence-corrected chi connectivity index (χ0v) is 15.3. The summed E-state index contributed by atoms with van der Waals surface area (Å²) in [7, 11) is 3.48. The van der Waals surface area contributed by atoms with Gasteiger partial charge in [0.2, 0.25) is 5.91 Å². The second-order valence-corrected chi connectivity index (χ2v) is 6.61. The number of ether oxygens (including phenoxy) is 1. The van der Waals surface area contributed by atoms with Crippen LogP contribution in [0.15, 0.2) is 12.4 Å². The van der Waals surface area contributed by atoms with E-state index in [0.29, 0.717) is 6.54 Å². The van der Waals surface area contributed by atoms with Crippen LogP contribution in [0, 0.1) is 13.8 Å². The molecule has 1 unspecified atom stereocenters. The lowest BCUT2D eigenvalue weighted by Crippen LogP contribution is -2.41. The Bertz CT molecular complexity index is 771. The minimum Gasteiger partial charge on any atom is -0.375 e. The molecule has 7 nitrogen and oxygen atoms in total. The molecule has 0 N–H and O–H groups in total. The molecule has 1 aliphatic rings.